The molecule has 0 aromatic heterocycles. The Bertz CT molecular complexity index is 833. The summed E-state index contributed by atoms with van der Waals surface area (Å²) < 4.78 is 0. The van der Waals surface area contributed by atoms with Gasteiger partial charge in [0.1, 0.15) is 5.75 Å². The minimum Gasteiger partial charge on any atom is -0.508 e. The number of carbonyl (C=O) groups is 2. The van der Waals surface area contributed by atoms with Gasteiger partial charge in [0, 0.05) is 42.6 Å². The quantitative estimate of drug-likeness (QED) is 0.627. The molecule has 0 bridgehead atoms. The average molecular weight is 374 g/mol. The second-order valence-electron chi connectivity index (χ2n) is 6.21. The number of piperazine rings is 1. The molecule has 2 amide bonds. The average Bonchev–Trinajstić information content (AvgIpc) is 2.63. The first kappa shape index (κ1) is 18.1. The van der Waals surface area contributed by atoms with Crippen LogP contribution in [0.2, 0.25) is 5.02 Å². The molecule has 6 nitrogen and oxygen atoms in total. The van der Waals surface area contributed by atoms with E-state index in [1.54, 1.807) is 17.9 Å². The Hall–Kier alpha value is -2.73. The highest BCUT2D eigenvalue weighted by Crippen LogP contribution is 2.22. The number of aromatic hydroxyl groups is 1. The number of nitrogens with one attached hydrogen (secondary N) is 1. The van der Waals surface area contributed by atoms with E-state index in [0.29, 0.717) is 42.5 Å². The number of hydrogen-bond donors (Lipinski definition) is 2. The highest BCUT2D eigenvalue weighted by Gasteiger charge is 2.26. The maximum Gasteiger partial charge on any atom is 0.313 e. The molecule has 7 heteroatoms. The summed E-state index contributed by atoms with van der Waals surface area (Å²) in [7, 11) is 0. The summed E-state index contributed by atoms with van der Waals surface area (Å²) in [6.07, 6.45) is 0. The second kappa shape index (κ2) is 7.66. The molecule has 0 radical (unpaired) electrons. The van der Waals surface area contributed by atoms with E-state index in [1.165, 1.54) is 12.1 Å². The summed E-state index contributed by atoms with van der Waals surface area (Å²) >= 11 is 6.02. The smallest absolute Gasteiger partial charge is 0.313 e. The zero-order valence-electron chi connectivity index (χ0n) is 14.4. The number of amides is 2. The van der Waals surface area contributed by atoms with Gasteiger partial charge in [-0.1, -0.05) is 17.7 Å². The lowest BCUT2D eigenvalue weighted by atomic mass is 10.2. The molecule has 2 aromatic rings. The molecule has 26 heavy (non-hydrogen) atoms. The van der Waals surface area contributed by atoms with E-state index in [-0.39, 0.29) is 5.75 Å². The second-order valence-corrected chi connectivity index (χ2v) is 6.65. The van der Waals surface area contributed by atoms with Gasteiger partial charge in [0.25, 0.3) is 0 Å². The molecule has 1 heterocycles. The number of aryl methyl sites for hydroxylation is 1. The molecule has 136 valence electrons. The Morgan fingerprint density at radius 3 is 2.46 bits per heavy atom. The van der Waals surface area contributed by atoms with Crippen LogP contribution in [0.3, 0.4) is 0 Å². The van der Waals surface area contributed by atoms with Crippen molar-refractivity contribution in [3.63, 3.8) is 0 Å². The minimum atomic E-state index is -0.671. The van der Waals surface area contributed by atoms with Gasteiger partial charge in [0.05, 0.1) is 0 Å². The van der Waals surface area contributed by atoms with Crippen molar-refractivity contribution in [2.24, 2.45) is 0 Å². The van der Waals surface area contributed by atoms with E-state index in [1.807, 2.05) is 24.3 Å². The van der Waals surface area contributed by atoms with Crippen LogP contribution in [0.5, 0.6) is 5.75 Å². The number of nitrogens with zero attached hydrogens (tertiary/aromatic N) is 2. The highest BCUT2D eigenvalue weighted by atomic mass is 35.5. The van der Waals surface area contributed by atoms with Crippen LogP contribution in [0.25, 0.3) is 0 Å². The molecular weight excluding hydrogens is 354 g/mol. The van der Waals surface area contributed by atoms with Crippen LogP contribution in [-0.4, -0.2) is 48.0 Å². The van der Waals surface area contributed by atoms with Crippen molar-refractivity contribution in [3.8, 4) is 5.75 Å². The molecule has 2 N–H and O–H groups in total. The molecule has 0 atom stereocenters. The van der Waals surface area contributed by atoms with Gasteiger partial charge in [-0.05, 0) is 48.9 Å². The Labute approximate surface area is 157 Å². The Kier molecular flexibility index (Phi) is 5.32. The minimum absolute atomic E-state index is 0.115. The number of carbonyl (C=O) groups excluding carboxylic acids is 2. The van der Waals surface area contributed by atoms with Crippen molar-refractivity contribution in [2.75, 3.05) is 36.4 Å². The molecule has 0 spiro atoms. The number of rotatable bonds is 2. The molecule has 0 aliphatic carbocycles. The van der Waals surface area contributed by atoms with Crippen molar-refractivity contribution >= 4 is 34.8 Å². The summed E-state index contributed by atoms with van der Waals surface area (Å²) in [4.78, 5) is 28.3. The zero-order chi connectivity index (χ0) is 18.7. The largest absolute Gasteiger partial charge is 0.508 e. The number of phenolic OH excluding ortho intramolecular Hbond substituents is 1. The Morgan fingerprint density at radius 1 is 1.08 bits per heavy atom. The summed E-state index contributed by atoms with van der Waals surface area (Å²) in [5.41, 5.74) is 2.21. The Balaban J connectivity index is 1.58. The van der Waals surface area contributed by atoms with Gasteiger partial charge in [0.2, 0.25) is 0 Å². The third-order valence-corrected chi connectivity index (χ3v) is 4.63. The maximum atomic E-state index is 12.4. The zero-order valence-corrected chi connectivity index (χ0v) is 15.2. The van der Waals surface area contributed by atoms with Gasteiger partial charge in [-0.15, -0.1) is 0 Å². The predicted molar refractivity (Wildman–Crippen MR) is 102 cm³/mol. The SMILES string of the molecule is Cc1cc(O)ccc1NC(=O)C(=O)N1CCN(c2cccc(Cl)c2)CC1. The van der Waals surface area contributed by atoms with Crippen LogP contribution in [-0.2, 0) is 9.59 Å². The number of phenols is 1. The standard InChI is InChI=1S/C19H20ClN3O3/c1-13-11-16(24)5-6-17(13)21-18(25)19(26)23-9-7-22(8-10-23)15-4-2-3-14(20)12-15/h2-6,11-12,24H,7-10H2,1H3,(H,21,25). The molecular formula is C19H20ClN3O3. The lowest BCUT2D eigenvalue weighted by Crippen LogP contribution is -2.51. The van der Waals surface area contributed by atoms with E-state index in [4.69, 9.17) is 11.6 Å². The topological polar surface area (TPSA) is 72.9 Å². The van der Waals surface area contributed by atoms with Crippen molar-refractivity contribution in [1.29, 1.82) is 0 Å². The number of hydrogen-bond acceptors (Lipinski definition) is 4. The van der Waals surface area contributed by atoms with Gasteiger partial charge >= 0.3 is 11.8 Å². The van der Waals surface area contributed by atoms with Gasteiger partial charge in [-0.2, -0.15) is 0 Å². The predicted octanol–water partition coefficient (Wildman–Crippen LogP) is 2.64. The van der Waals surface area contributed by atoms with Crippen LogP contribution in [0.15, 0.2) is 42.5 Å². The number of benzene rings is 2. The molecule has 1 aliphatic heterocycles. The van der Waals surface area contributed by atoms with Crippen molar-refractivity contribution in [1.82, 2.24) is 4.90 Å². The first-order valence-electron chi connectivity index (χ1n) is 8.34. The van der Waals surface area contributed by atoms with E-state index < -0.39 is 11.8 Å². The van der Waals surface area contributed by atoms with E-state index in [0.717, 1.165) is 5.69 Å². The lowest BCUT2D eigenvalue weighted by Gasteiger charge is -2.35. The third-order valence-electron chi connectivity index (χ3n) is 4.39. The lowest BCUT2D eigenvalue weighted by molar-refractivity contribution is -0.143. The van der Waals surface area contributed by atoms with Crippen molar-refractivity contribution in [2.45, 2.75) is 6.92 Å². The number of anilines is 2. The van der Waals surface area contributed by atoms with Crippen LogP contribution < -0.4 is 10.2 Å². The monoisotopic (exact) mass is 373 g/mol. The molecule has 1 saturated heterocycles. The van der Waals surface area contributed by atoms with Crippen LogP contribution in [0.1, 0.15) is 5.56 Å². The molecule has 2 aromatic carbocycles. The van der Waals surface area contributed by atoms with Gasteiger partial charge in [-0.25, -0.2) is 0 Å². The van der Waals surface area contributed by atoms with Crippen molar-refractivity contribution < 1.29 is 14.7 Å². The van der Waals surface area contributed by atoms with Gasteiger partial charge < -0.3 is 20.2 Å². The van der Waals surface area contributed by atoms with Crippen molar-refractivity contribution in [3.05, 3.63) is 53.1 Å². The van der Waals surface area contributed by atoms with E-state index >= 15 is 0 Å². The van der Waals surface area contributed by atoms with Crippen LogP contribution >= 0.6 is 11.6 Å². The third kappa shape index (κ3) is 4.08. The number of halogens is 1. The fourth-order valence-corrected chi connectivity index (χ4v) is 3.13. The van der Waals surface area contributed by atoms with Crippen LogP contribution in [0.4, 0.5) is 11.4 Å². The summed E-state index contributed by atoms with van der Waals surface area (Å²) in [6.45, 7) is 3.96. The molecule has 0 unspecified atom stereocenters. The molecule has 1 fully saturated rings. The first-order valence-corrected chi connectivity index (χ1v) is 8.72. The molecule has 0 saturated carbocycles. The van der Waals surface area contributed by atoms with Gasteiger partial charge in [0.15, 0.2) is 0 Å². The Morgan fingerprint density at radius 2 is 1.81 bits per heavy atom. The van der Waals surface area contributed by atoms with Gasteiger partial charge in [-0.3, -0.25) is 9.59 Å². The summed E-state index contributed by atoms with van der Waals surface area (Å²) in [5, 5.41) is 12.7. The summed E-state index contributed by atoms with van der Waals surface area (Å²) in [5.74, 6) is -1.11. The maximum absolute atomic E-state index is 12.4. The summed E-state index contributed by atoms with van der Waals surface area (Å²) in [6, 6.07) is 12.2. The molecule has 3 rings (SSSR count). The van der Waals surface area contributed by atoms with E-state index in [2.05, 4.69) is 10.2 Å². The fourth-order valence-electron chi connectivity index (χ4n) is 2.95. The van der Waals surface area contributed by atoms with Crippen LogP contribution in [0, 0.1) is 6.92 Å². The first-order chi connectivity index (χ1) is 12.4. The highest BCUT2D eigenvalue weighted by molar-refractivity contribution is 6.39. The van der Waals surface area contributed by atoms with E-state index in [9.17, 15) is 14.7 Å². The normalized spacial score (nSPS) is 14.2. The fraction of sp³-hybridized carbons (Fsp3) is 0.263. The molecule has 1 aliphatic rings.